The van der Waals surface area contributed by atoms with Gasteiger partial charge in [-0.1, -0.05) is 43.5 Å². The van der Waals surface area contributed by atoms with Crippen molar-refractivity contribution < 1.29 is 56.4 Å². The molecule has 6 aromatic rings. The number of aliphatic carboxylic acids is 1. The summed E-state index contributed by atoms with van der Waals surface area (Å²) < 4.78 is 62.9. The van der Waals surface area contributed by atoms with E-state index in [1.807, 2.05) is 4.57 Å². The van der Waals surface area contributed by atoms with Gasteiger partial charge in [0, 0.05) is 49.2 Å². The molecule has 0 saturated heterocycles. The third-order valence-corrected chi connectivity index (χ3v) is 12.1. The molecule has 3 amide bonds. The van der Waals surface area contributed by atoms with E-state index < -0.39 is 50.9 Å². The Morgan fingerprint density at radius 3 is 2.57 bits per heavy atom. The first kappa shape index (κ1) is 49.7. The van der Waals surface area contributed by atoms with Crippen LogP contribution in [0.5, 0.6) is 17.5 Å². The number of nitrogens with zero attached hydrogens (tertiary/aromatic N) is 9. The number of amides is 3. The highest BCUT2D eigenvalue weighted by Gasteiger charge is 2.32. The minimum Gasteiger partial charge on any atom is -0.481 e. The smallest absolute Gasteiger partial charge is 0.341 e. The molecule has 68 heavy (non-hydrogen) atoms. The van der Waals surface area contributed by atoms with Gasteiger partial charge >= 0.3 is 24.0 Å². The molecule has 0 bridgehead atoms. The number of urea groups is 1. The Morgan fingerprint density at radius 1 is 1.12 bits per heavy atom. The van der Waals surface area contributed by atoms with Crippen LogP contribution in [0.1, 0.15) is 35.9 Å². The van der Waals surface area contributed by atoms with E-state index in [0.29, 0.717) is 32.5 Å². The van der Waals surface area contributed by atoms with E-state index in [1.54, 1.807) is 42.1 Å². The number of carboxylic acid groups (broad SMARTS) is 2. The number of pyridine rings is 1. The maximum absolute atomic E-state index is 14.5. The first-order chi connectivity index (χ1) is 32.2. The lowest BCUT2D eigenvalue weighted by Crippen LogP contribution is -2.42. The average Bonchev–Trinajstić information content (AvgIpc) is 3.81. The third kappa shape index (κ3) is 11.6. The molecule has 3 N–H and O–H groups in total. The molecule has 25 heteroatoms. The predicted octanol–water partition coefficient (Wildman–Crippen LogP) is 5.03. The number of methoxy groups -OCH3 is 1. The zero-order valence-electron chi connectivity index (χ0n) is 36.6. The van der Waals surface area contributed by atoms with Gasteiger partial charge in [-0.3, -0.25) is 19.6 Å². The lowest BCUT2D eigenvalue weighted by Gasteiger charge is -2.28. The molecule has 2 aliphatic rings. The standard InChI is InChI=1S/C18H17FN4O2S.C14H15N5O6S.C11H8ClNO3/c1-4-5-22-13-7-12(11(19)6-14(13)25-9-16(22)24)20-17-23-10-18(2,3)8-15(23)21-26-17;1-8-15-12(17-13(16-8)25-3)19(2)14(22)18-26(23,24)10-7-5-4-6-9(10)11(20)21;12-8-3-4-9(16-6-10(14)15)11-7(8)2-1-5-13-11/h1,6-7H,5,8-10H2,2-3H3;4-7H,1-3H3,(H,18,22)(H,20,21);1-5H,6H2,(H,14,15)/b20-17-;;. The average molecular weight is 991 g/mol. The van der Waals surface area contributed by atoms with Crippen molar-refractivity contribution in [3.05, 3.63) is 99.7 Å². The Bertz CT molecular complexity index is 3180. The number of hydrogen-bond acceptors (Lipinski definition) is 16. The van der Waals surface area contributed by atoms with E-state index in [1.165, 1.54) is 54.9 Å². The summed E-state index contributed by atoms with van der Waals surface area (Å²) in [6, 6.07) is 13.4. The number of carbonyl (C=O) groups excluding carboxylic acids is 2. The van der Waals surface area contributed by atoms with Crippen molar-refractivity contribution in [1.29, 1.82) is 0 Å². The number of hydrogen-bond donors (Lipinski definition) is 3. The molecule has 0 saturated carbocycles. The number of terminal acetylenes is 1. The van der Waals surface area contributed by atoms with Gasteiger partial charge in [0.25, 0.3) is 15.9 Å². The van der Waals surface area contributed by atoms with Crippen molar-refractivity contribution >= 4 is 85.3 Å². The van der Waals surface area contributed by atoms with E-state index >= 15 is 0 Å². The number of halogens is 2. The summed E-state index contributed by atoms with van der Waals surface area (Å²) in [6.45, 7) is 6.20. The van der Waals surface area contributed by atoms with Gasteiger partial charge in [0.15, 0.2) is 19.0 Å². The van der Waals surface area contributed by atoms with Crippen molar-refractivity contribution in [3.63, 3.8) is 0 Å². The summed E-state index contributed by atoms with van der Waals surface area (Å²) in [5.74, 6) is 0.982. The minimum atomic E-state index is -4.44. The summed E-state index contributed by atoms with van der Waals surface area (Å²) in [6.07, 6.45) is 7.82. The molecule has 21 nitrogen and oxygen atoms in total. The molecule has 0 aliphatic carbocycles. The van der Waals surface area contributed by atoms with E-state index in [2.05, 4.69) is 49.1 Å². The van der Waals surface area contributed by atoms with Crippen LogP contribution >= 0.6 is 23.1 Å². The molecule has 0 atom stereocenters. The zero-order valence-corrected chi connectivity index (χ0v) is 39.0. The highest BCUT2D eigenvalue weighted by Crippen LogP contribution is 2.38. The van der Waals surface area contributed by atoms with Crippen molar-refractivity contribution in [2.24, 2.45) is 10.4 Å². The number of aromatic carboxylic acids is 1. The van der Waals surface area contributed by atoms with Crippen molar-refractivity contribution in [1.82, 2.24) is 33.6 Å². The summed E-state index contributed by atoms with van der Waals surface area (Å²) >= 11 is 7.22. The number of carbonyl (C=O) groups is 4. The Labute approximate surface area is 396 Å². The summed E-state index contributed by atoms with van der Waals surface area (Å²) in [4.78, 5) is 68.5. The molecule has 3 aromatic heterocycles. The lowest BCUT2D eigenvalue weighted by molar-refractivity contribution is -0.139. The molecule has 2 aliphatic heterocycles. The SMILES string of the molecule is C#CCN1C(=O)COc2cc(F)c(/N=c3\snc4n3CC(C)(C)C4)cc21.COc1nc(C)nc(N(C)C(=O)NS(=O)(=O)c2ccccc2C(=O)O)n1.O=C(O)COc1ccc(Cl)c2cccnc12. The van der Waals surface area contributed by atoms with Gasteiger partial charge in [0.05, 0.1) is 29.9 Å². The van der Waals surface area contributed by atoms with Crippen LogP contribution in [0.15, 0.2) is 76.7 Å². The van der Waals surface area contributed by atoms with Gasteiger partial charge in [-0.2, -0.15) is 19.3 Å². The van der Waals surface area contributed by atoms with Crippen LogP contribution in [0, 0.1) is 30.5 Å². The van der Waals surface area contributed by atoms with Crippen LogP contribution in [0.3, 0.4) is 0 Å². The van der Waals surface area contributed by atoms with Gasteiger partial charge in [-0.25, -0.2) is 36.9 Å². The van der Waals surface area contributed by atoms with Crippen molar-refractivity contribution in [3.8, 4) is 29.9 Å². The lowest BCUT2D eigenvalue weighted by atomic mass is 9.92. The van der Waals surface area contributed by atoms with Crippen LogP contribution in [-0.2, 0) is 32.6 Å². The first-order valence-corrected chi connectivity index (χ1v) is 22.4. The number of sulfonamides is 1. The monoisotopic (exact) mass is 990 g/mol. The third-order valence-electron chi connectivity index (χ3n) is 9.60. The number of ether oxygens (including phenoxy) is 3. The van der Waals surface area contributed by atoms with Gasteiger partial charge in [0.1, 0.15) is 39.2 Å². The fraction of sp³-hybridized carbons (Fsp3) is 0.256. The fourth-order valence-electron chi connectivity index (χ4n) is 6.51. The number of benzene rings is 3. The highest BCUT2D eigenvalue weighted by molar-refractivity contribution is 7.90. The Balaban J connectivity index is 0.000000173. The van der Waals surface area contributed by atoms with E-state index in [4.69, 9.17) is 42.4 Å². The summed E-state index contributed by atoms with van der Waals surface area (Å²) in [5, 5.41) is 18.9. The topological polar surface area (TPSA) is 271 Å². The Morgan fingerprint density at radius 2 is 1.87 bits per heavy atom. The predicted molar refractivity (Wildman–Crippen MR) is 244 cm³/mol. The number of carboxylic acids is 2. The molecular formula is C43H40ClFN10O11S2. The number of fused-ring (bicyclic) bond motifs is 3. The van der Waals surface area contributed by atoms with Crippen molar-refractivity contribution in [2.75, 3.05) is 43.7 Å². The molecular weight excluding hydrogens is 951 g/mol. The zero-order chi connectivity index (χ0) is 49.5. The molecule has 0 radical (unpaired) electrons. The number of rotatable bonds is 10. The van der Waals surface area contributed by atoms with Gasteiger partial charge in [-0.05, 0) is 54.8 Å². The second-order valence-electron chi connectivity index (χ2n) is 15.2. The second kappa shape index (κ2) is 20.8. The van der Waals surface area contributed by atoms with E-state index in [9.17, 15) is 32.0 Å². The quantitative estimate of drug-likeness (QED) is 0.152. The van der Waals surface area contributed by atoms with E-state index in [0.717, 1.165) is 41.2 Å². The van der Waals surface area contributed by atoms with Crippen molar-refractivity contribution in [2.45, 2.75) is 38.6 Å². The Hall–Kier alpha value is -7.75. The number of aromatic nitrogens is 6. The summed E-state index contributed by atoms with van der Waals surface area (Å²) in [7, 11) is -1.87. The van der Waals surface area contributed by atoms with E-state index in [-0.39, 0.29) is 47.9 Å². The van der Waals surface area contributed by atoms with Crippen LogP contribution in [0.25, 0.3) is 10.9 Å². The normalized spacial score (nSPS) is 13.6. The molecule has 8 rings (SSSR count). The van der Waals surface area contributed by atoms with Gasteiger partial charge < -0.3 is 29.0 Å². The van der Waals surface area contributed by atoms with Crippen LogP contribution in [0.4, 0.5) is 26.5 Å². The fourth-order valence-corrected chi connectivity index (χ4v) is 8.66. The van der Waals surface area contributed by atoms with Crippen LogP contribution in [-0.4, -0.2) is 105 Å². The molecule has 354 valence electrons. The summed E-state index contributed by atoms with van der Waals surface area (Å²) in [5.41, 5.74) is 0.779. The minimum absolute atomic E-state index is 0.0498. The van der Waals surface area contributed by atoms with Gasteiger partial charge in [-0.15, -0.1) is 6.42 Å². The molecule has 5 heterocycles. The maximum Gasteiger partial charge on any atom is 0.341 e. The molecule has 0 spiro atoms. The largest absolute Gasteiger partial charge is 0.481 e. The highest BCUT2D eigenvalue weighted by atomic mass is 35.5. The second-order valence-corrected chi connectivity index (χ2v) is 18.0. The molecule has 0 unspecified atom stereocenters. The van der Waals surface area contributed by atoms with Gasteiger partial charge in [0.2, 0.25) is 10.7 Å². The Kier molecular flexibility index (Phi) is 15.2. The molecule has 3 aromatic carbocycles. The van der Waals surface area contributed by atoms with Crippen LogP contribution < -0.4 is 33.5 Å². The van der Waals surface area contributed by atoms with Crippen LogP contribution in [0.2, 0.25) is 5.02 Å². The number of aryl methyl sites for hydroxylation is 1. The molecule has 0 fully saturated rings. The number of nitrogens with one attached hydrogen (secondary N) is 1. The number of anilines is 2. The first-order valence-electron chi connectivity index (χ1n) is 19.8. The maximum atomic E-state index is 14.5.